The Bertz CT molecular complexity index is 886. The number of para-hydroxylation sites is 1. The molecule has 0 aromatic heterocycles. The molecule has 1 atom stereocenters. The van der Waals surface area contributed by atoms with E-state index in [-0.39, 0.29) is 36.0 Å². The summed E-state index contributed by atoms with van der Waals surface area (Å²) < 4.78 is 5.58. The van der Waals surface area contributed by atoms with Crippen LogP contribution in [0, 0.1) is 0 Å². The van der Waals surface area contributed by atoms with Crippen molar-refractivity contribution in [1.29, 1.82) is 0 Å². The van der Waals surface area contributed by atoms with E-state index in [0.717, 1.165) is 25.1 Å². The number of benzene rings is 1. The molecule has 1 aromatic carbocycles. The van der Waals surface area contributed by atoms with Gasteiger partial charge in [-0.05, 0) is 58.6 Å². The van der Waals surface area contributed by atoms with Crippen LogP contribution >= 0.6 is 0 Å². The Balaban J connectivity index is 1.45. The van der Waals surface area contributed by atoms with E-state index in [1.807, 2.05) is 51.1 Å². The molecular formula is C25H37N5O4. The molecule has 0 bridgehead atoms. The lowest BCUT2D eigenvalue weighted by atomic mass is 9.85. The minimum absolute atomic E-state index is 0.0187. The van der Waals surface area contributed by atoms with Gasteiger partial charge in [-0.1, -0.05) is 18.2 Å². The predicted octanol–water partition coefficient (Wildman–Crippen LogP) is 1.93. The number of carbonyl (C=O) groups excluding carboxylic acids is 3. The summed E-state index contributed by atoms with van der Waals surface area (Å²) in [5.74, 6) is -0.213. The second-order valence-corrected chi connectivity index (χ2v) is 10.5. The monoisotopic (exact) mass is 471 g/mol. The summed E-state index contributed by atoms with van der Waals surface area (Å²) in [4.78, 5) is 44.6. The van der Waals surface area contributed by atoms with Crippen LogP contribution in [0.3, 0.4) is 0 Å². The van der Waals surface area contributed by atoms with Gasteiger partial charge in [0.25, 0.3) is 5.91 Å². The Morgan fingerprint density at radius 1 is 1.15 bits per heavy atom. The van der Waals surface area contributed by atoms with Crippen LogP contribution in [0.2, 0.25) is 0 Å². The minimum atomic E-state index is -0.755. The standard InChI is InChI=1S/C25H37N5O4/c1-24(2,3)27-23(33)28-13-11-25(12-14-28)22(32)29(18-30(25)19-8-5-4-6-9-19)17-21(31)26-16-20-10-7-15-34-20/h4-6,8-9,20H,7,10-18H2,1-3H3,(H,26,31)(H,27,33)/t20-/m1/s1. The third-order valence-electron chi connectivity index (χ3n) is 6.83. The molecule has 4 amide bonds. The van der Waals surface area contributed by atoms with E-state index >= 15 is 0 Å². The number of carbonyl (C=O) groups is 3. The zero-order valence-corrected chi connectivity index (χ0v) is 20.5. The van der Waals surface area contributed by atoms with Crippen molar-refractivity contribution in [2.75, 3.05) is 44.4 Å². The highest BCUT2D eigenvalue weighted by atomic mass is 16.5. The molecule has 4 rings (SSSR count). The van der Waals surface area contributed by atoms with Crippen molar-refractivity contribution in [2.24, 2.45) is 0 Å². The molecule has 2 N–H and O–H groups in total. The topological polar surface area (TPSA) is 94.2 Å². The van der Waals surface area contributed by atoms with Gasteiger partial charge >= 0.3 is 6.03 Å². The highest BCUT2D eigenvalue weighted by Crippen LogP contribution is 2.39. The quantitative estimate of drug-likeness (QED) is 0.685. The van der Waals surface area contributed by atoms with Crippen LogP contribution in [-0.2, 0) is 14.3 Å². The maximum atomic E-state index is 13.7. The number of anilines is 1. The number of hydrogen-bond acceptors (Lipinski definition) is 5. The zero-order chi connectivity index (χ0) is 24.3. The van der Waals surface area contributed by atoms with Gasteiger partial charge in [0.05, 0.1) is 12.8 Å². The molecule has 9 heteroatoms. The Kier molecular flexibility index (Phi) is 7.02. The van der Waals surface area contributed by atoms with E-state index < -0.39 is 5.54 Å². The van der Waals surface area contributed by atoms with Crippen molar-refractivity contribution >= 4 is 23.5 Å². The summed E-state index contributed by atoms with van der Waals surface area (Å²) in [5.41, 5.74) is -0.126. The van der Waals surface area contributed by atoms with Crippen molar-refractivity contribution in [3.8, 4) is 0 Å². The molecular weight excluding hydrogens is 434 g/mol. The molecule has 1 aromatic rings. The molecule has 1 spiro atoms. The van der Waals surface area contributed by atoms with Crippen LogP contribution < -0.4 is 15.5 Å². The minimum Gasteiger partial charge on any atom is -0.376 e. The van der Waals surface area contributed by atoms with E-state index in [4.69, 9.17) is 4.74 Å². The van der Waals surface area contributed by atoms with Crippen LogP contribution in [0.4, 0.5) is 10.5 Å². The first kappa shape index (κ1) is 24.3. The maximum Gasteiger partial charge on any atom is 0.317 e. The van der Waals surface area contributed by atoms with Crippen LogP contribution in [0.15, 0.2) is 30.3 Å². The number of piperidine rings is 1. The first-order chi connectivity index (χ1) is 16.2. The van der Waals surface area contributed by atoms with Gasteiger partial charge in [0.1, 0.15) is 12.1 Å². The average Bonchev–Trinajstić information content (AvgIpc) is 3.41. The Labute approximate surface area is 201 Å². The highest BCUT2D eigenvalue weighted by molar-refractivity contribution is 5.96. The van der Waals surface area contributed by atoms with Gasteiger partial charge in [0.2, 0.25) is 5.91 Å². The number of hydrogen-bond donors (Lipinski definition) is 2. The van der Waals surface area contributed by atoms with Crippen LogP contribution in [0.5, 0.6) is 0 Å². The normalized spacial score (nSPS) is 22.4. The smallest absolute Gasteiger partial charge is 0.317 e. The molecule has 34 heavy (non-hydrogen) atoms. The van der Waals surface area contributed by atoms with Crippen molar-refractivity contribution in [3.63, 3.8) is 0 Å². The van der Waals surface area contributed by atoms with E-state index in [1.54, 1.807) is 9.80 Å². The Hall–Kier alpha value is -2.81. The zero-order valence-electron chi connectivity index (χ0n) is 20.5. The van der Waals surface area contributed by atoms with Gasteiger partial charge < -0.3 is 30.1 Å². The lowest BCUT2D eigenvalue weighted by molar-refractivity contribution is -0.137. The Morgan fingerprint density at radius 2 is 1.85 bits per heavy atom. The molecule has 186 valence electrons. The lowest BCUT2D eigenvalue weighted by Gasteiger charge is -2.43. The number of urea groups is 1. The Morgan fingerprint density at radius 3 is 2.47 bits per heavy atom. The van der Waals surface area contributed by atoms with Gasteiger partial charge in [-0.15, -0.1) is 0 Å². The number of ether oxygens (including phenoxy) is 1. The summed E-state index contributed by atoms with van der Waals surface area (Å²) in [6.07, 6.45) is 3.07. The first-order valence-electron chi connectivity index (χ1n) is 12.3. The summed E-state index contributed by atoms with van der Waals surface area (Å²) in [5, 5.41) is 5.93. The van der Waals surface area contributed by atoms with E-state index in [1.165, 1.54) is 0 Å². The number of rotatable bonds is 5. The van der Waals surface area contributed by atoms with Crippen LogP contribution in [0.25, 0.3) is 0 Å². The fourth-order valence-electron chi connectivity index (χ4n) is 5.06. The molecule has 3 fully saturated rings. The molecule has 3 saturated heterocycles. The van der Waals surface area contributed by atoms with Crippen LogP contribution in [-0.4, -0.2) is 84.3 Å². The second-order valence-electron chi connectivity index (χ2n) is 10.5. The molecule has 3 aliphatic heterocycles. The SMILES string of the molecule is CC(C)(C)NC(=O)N1CCC2(CC1)C(=O)N(CC(=O)NC[C@H]1CCCO1)CN2c1ccccc1. The summed E-state index contributed by atoms with van der Waals surface area (Å²) in [6.45, 7) is 8.42. The van der Waals surface area contributed by atoms with Gasteiger partial charge in [-0.3, -0.25) is 9.59 Å². The maximum absolute atomic E-state index is 13.7. The van der Waals surface area contributed by atoms with E-state index in [2.05, 4.69) is 15.5 Å². The third kappa shape index (κ3) is 5.29. The largest absolute Gasteiger partial charge is 0.376 e. The molecule has 0 saturated carbocycles. The number of nitrogens with zero attached hydrogens (tertiary/aromatic N) is 3. The van der Waals surface area contributed by atoms with Gasteiger partial charge in [0.15, 0.2) is 0 Å². The molecule has 0 unspecified atom stereocenters. The molecule has 3 aliphatic rings. The number of amides is 4. The van der Waals surface area contributed by atoms with E-state index in [0.29, 0.717) is 39.1 Å². The van der Waals surface area contributed by atoms with Crippen molar-refractivity contribution < 1.29 is 19.1 Å². The van der Waals surface area contributed by atoms with E-state index in [9.17, 15) is 14.4 Å². The van der Waals surface area contributed by atoms with Crippen molar-refractivity contribution in [1.82, 2.24) is 20.4 Å². The van der Waals surface area contributed by atoms with Gasteiger partial charge in [0, 0.05) is 37.5 Å². The highest BCUT2D eigenvalue weighted by Gasteiger charge is 2.54. The fraction of sp³-hybridized carbons (Fsp3) is 0.640. The van der Waals surface area contributed by atoms with Gasteiger partial charge in [-0.2, -0.15) is 0 Å². The molecule has 0 radical (unpaired) electrons. The van der Waals surface area contributed by atoms with Crippen LogP contribution in [0.1, 0.15) is 46.5 Å². The van der Waals surface area contributed by atoms with Gasteiger partial charge in [-0.25, -0.2) is 4.79 Å². The number of nitrogens with one attached hydrogen (secondary N) is 2. The van der Waals surface area contributed by atoms with Crippen molar-refractivity contribution in [3.05, 3.63) is 30.3 Å². The lowest BCUT2D eigenvalue weighted by Crippen LogP contribution is -2.59. The fourth-order valence-corrected chi connectivity index (χ4v) is 5.06. The summed E-state index contributed by atoms with van der Waals surface area (Å²) in [6, 6.07) is 9.74. The third-order valence-corrected chi connectivity index (χ3v) is 6.83. The number of likely N-dealkylation sites (tertiary alicyclic amines) is 1. The first-order valence-corrected chi connectivity index (χ1v) is 12.3. The summed E-state index contributed by atoms with van der Waals surface area (Å²) >= 11 is 0. The summed E-state index contributed by atoms with van der Waals surface area (Å²) in [7, 11) is 0. The average molecular weight is 472 g/mol. The molecule has 3 heterocycles. The molecule has 0 aliphatic carbocycles. The molecule has 9 nitrogen and oxygen atoms in total. The predicted molar refractivity (Wildman–Crippen MR) is 129 cm³/mol. The van der Waals surface area contributed by atoms with Crippen molar-refractivity contribution in [2.45, 2.75) is 63.6 Å². The second kappa shape index (κ2) is 9.82.